The van der Waals surface area contributed by atoms with Crippen LogP contribution in [0.2, 0.25) is 0 Å². The molecule has 1 saturated heterocycles. The molecule has 1 aromatic carbocycles. The van der Waals surface area contributed by atoms with E-state index in [2.05, 4.69) is 45.1 Å². The SMILES string of the molecule is Cc1nc(N2CCCC2)cc(N2CCCc3ccccc32)n1. The Morgan fingerprint density at radius 1 is 0.909 bits per heavy atom. The molecule has 2 aliphatic rings. The molecule has 3 heterocycles. The van der Waals surface area contributed by atoms with Crippen LogP contribution in [0.25, 0.3) is 0 Å². The molecular formula is C18H22N4. The van der Waals surface area contributed by atoms with E-state index in [-0.39, 0.29) is 0 Å². The molecule has 114 valence electrons. The fourth-order valence-electron chi connectivity index (χ4n) is 3.55. The fraction of sp³-hybridized carbons (Fsp3) is 0.444. The van der Waals surface area contributed by atoms with Crippen LogP contribution in [0.4, 0.5) is 17.3 Å². The van der Waals surface area contributed by atoms with Crippen molar-refractivity contribution in [2.45, 2.75) is 32.6 Å². The molecule has 0 amide bonds. The number of anilines is 3. The van der Waals surface area contributed by atoms with Crippen molar-refractivity contribution in [1.82, 2.24) is 9.97 Å². The first-order chi connectivity index (χ1) is 10.8. The van der Waals surface area contributed by atoms with Gasteiger partial charge in [-0.15, -0.1) is 0 Å². The van der Waals surface area contributed by atoms with E-state index in [4.69, 9.17) is 4.98 Å². The Kier molecular flexibility index (Phi) is 3.45. The van der Waals surface area contributed by atoms with Crippen LogP contribution in [0.3, 0.4) is 0 Å². The highest BCUT2D eigenvalue weighted by Crippen LogP contribution is 2.33. The van der Waals surface area contributed by atoms with Gasteiger partial charge in [0.25, 0.3) is 0 Å². The second-order valence-corrected chi connectivity index (χ2v) is 6.21. The molecule has 0 bridgehead atoms. The van der Waals surface area contributed by atoms with Gasteiger partial charge in [0.2, 0.25) is 0 Å². The first-order valence-corrected chi connectivity index (χ1v) is 8.27. The fourth-order valence-corrected chi connectivity index (χ4v) is 3.55. The van der Waals surface area contributed by atoms with E-state index in [1.165, 1.54) is 30.5 Å². The molecular weight excluding hydrogens is 272 g/mol. The van der Waals surface area contributed by atoms with Crippen molar-refractivity contribution in [3.63, 3.8) is 0 Å². The number of aryl methyl sites for hydroxylation is 2. The summed E-state index contributed by atoms with van der Waals surface area (Å²) in [5.74, 6) is 2.99. The molecule has 0 saturated carbocycles. The molecule has 0 atom stereocenters. The van der Waals surface area contributed by atoms with Crippen molar-refractivity contribution in [3.05, 3.63) is 41.7 Å². The third-order valence-corrected chi connectivity index (χ3v) is 4.63. The number of benzene rings is 1. The van der Waals surface area contributed by atoms with Crippen LogP contribution in [0.5, 0.6) is 0 Å². The number of nitrogens with zero attached hydrogens (tertiary/aromatic N) is 4. The first kappa shape index (κ1) is 13.6. The van der Waals surface area contributed by atoms with Gasteiger partial charge in [-0.2, -0.15) is 0 Å². The van der Waals surface area contributed by atoms with Gasteiger partial charge in [0, 0.05) is 31.4 Å². The van der Waals surface area contributed by atoms with E-state index in [1.807, 2.05) is 6.92 Å². The van der Waals surface area contributed by atoms with Crippen LogP contribution in [0.15, 0.2) is 30.3 Å². The summed E-state index contributed by atoms with van der Waals surface area (Å²) >= 11 is 0. The van der Waals surface area contributed by atoms with Gasteiger partial charge in [0.15, 0.2) is 0 Å². The van der Waals surface area contributed by atoms with Crippen molar-refractivity contribution < 1.29 is 0 Å². The highest BCUT2D eigenvalue weighted by molar-refractivity contribution is 5.67. The van der Waals surface area contributed by atoms with Gasteiger partial charge in [-0.05, 0) is 44.2 Å². The van der Waals surface area contributed by atoms with E-state index >= 15 is 0 Å². The Labute approximate surface area is 131 Å². The number of aromatic nitrogens is 2. The molecule has 0 aliphatic carbocycles. The first-order valence-electron chi connectivity index (χ1n) is 8.27. The summed E-state index contributed by atoms with van der Waals surface area (Å²) in [5.41, 5.74) is 2.73. The van der Waals surface area contributed by atoms with Crippen LogP contribution < -0.4 is 9.80 Å². The van der Waals surface area contributed by atoms with Crippen molar-refractivity contribution in [2.75, 3.05) is 29.4 Å². The second-order valence-electron chi connectivity index (χ2n) is 6.21. The highest BCUT2D eigenvalue weighted by atomic mass is 15.2. The molecule has 4 rings (SSSR count). The maximum Gasteiger partial charge on any atom is 0.138 e. The average molecular weight is 294 g/mol. The number of rotatable bonds is 2. The molecule has 1 aromatic heterocycles. The summed E-state index contributed by atoms with van der Waals surface area (Å²) in [4.78, 5) is 14.1. The topological polar surface area (TPSA) is 32.3 Å². The summed E-state index contributed by atoms with van der Waals surface area (Å²) in [7, 11) is 0. The van der Waals surface area contributed by atoms with Crippen LogP contribution in [0, 0.1) is 6.92 Å². The molecule has 2 aliphatic heterocycles. The second kappa shape index (κ2) is 5.59. The third kappa shape index (κ3) is 2.43. The van der Waals surface area contributed by atoms with Gasteiger partial charge in [-0.3, -0.25) is 0 Å². The van der Waals surface area contributed by atoms with Crippen molar-refractivity contribution >= 4 is 17.3 Å². The lowest BCUT2D eigenvalue weighted by Crippen LogP contribution is -2.27. The summed E-state index contributed by atoms with van der Waals surface area (Å²) in [6, 6.07) is 10.9. The zero-order chi connectivity index (χ0) is 14.9. The molecule has 0 radical (unpaired) electrons. The van der Waals surface area contributed by atoms with Gasteiger partial charge < -0.3 is 9.80 Å². The minimum Gasteiger partial charge on any atom is -0.356 e. The van der Waals surface area contributed by atoms with E-state index < -0.39 is 0 Å². The monoisotopic (exact) mass is 294 g/mol. The Morgan fingerprint density at radius 2 is 1.68 bits per heavy atom. The average Bonchev–Trinajstić information content (AvgIpc) is 3.08. The Morgan fingerprint density at radius 3 is 2.55 bits per heavy atom. The Balaban J connectivity index is 1.74. The molecule has 22 heavy (non-hydrogen) atoms. The highest BCUT2D eigenvalue weighted by Gasteiger charge is 2.21. The Hall–Kier alpha value is -2.10. The van der Waals surface area contributed by atoms with Gasteiger partial charge in [0.1, 0.15) is 17.5 Å². The van der Waals surface area contributed by atoms with Gasteiger partial charge >= 0.3 is 0 Å². The maximum atomic E-state index is 4.72. The summed E-state index contributed by atoms with van der Waals surface area (Å²) < 4.78 is 0. The molecule has 4 nitrogen and oxygen atoms in total. The minimum atomic E-state index is 0.863. The molecule has 4 heteroatoms. The summed E-state index contributed by atoms with van der Waals surface area (Å²) in [6.45, 7) is 5.27. The summed E-state index contributed by atoms with van der Waals surface area (Å²) in [5, 5.41) is 0. The quantitative estimate of drug-likeness (QED) is 0.849. The number of fused-ring (bicyclic) bond motifs is 1. The number of hydrogen-bond donors (Lipinski definition) is 0. The molecule has 1 fully saturated rings. The van der Waals surface area contributed by atoms with Crippen LogP contribution in [-0.4, -0.2) is 29.6 Å². The molecule has 0 spiro atoms. The van der Waals surface area contributed by atoms with Crippen LogP contribution >= 0.6 is 0 Å². The van der Waals surface area contributed by atoms with Crippen molar-refractivity contribution in [1.29, 1.82) is 0 Å². The summed E-state index contributed by atoms with van der Waals surface area (Å²) in [6.07, 6.45) is 4.88. The molecule has 0 unspecified atom stereocenters. The lowest BCUT2D eigenvalue weighted by Gasteiger charge is -2.31. The van der Waals surface area contributed by atoms with E-state index in [9.17, 15) is 0 Å². The predicted molar refractivity (Wildman–Crippen MR) is 90.0 cm³/mol. The minimum absolute atomic E-state index is 0.863. The zero-order valence-electron chi connectivity index (χ0n) is 13.1. The van der Waals surface area contributed by atoms with E-state index in [0.717, 1.165) is 43.5 Å². The standard InChI is InChI=1S/C18H22N4/c1-14-19-17(21-10-4-5-11-21)13-18(20-14)22-12-6-8-15-7-2-3-9-16(15)22/h2-3,7,9,13H,4-6,8,10-12H2,1H3. The molecule has 0 N–H and O–H groups in total. The third-order valence-electron chi connectivity index (χ3n) is 4.63. The predicted octanol–water partition coefficient (Wildman–Crippen LogP) is 3.47. The van der Waals surface area contributed by atoms with Gasteiger partial charge in [-0.1, -0.05) is 18.2 Å². The largest absolute Gasteiger partial charge is 0.356 e. The lowest BCUT2D eigenvalue weighted by molar-refractivity contribution is 0.755. The number of hydrogen-bond acceptors (Lipinski definition) is 4. The van der Waals surface area contributed by atoms with Crippen LogP contribution in [0.1, 0.15) is 30.7 Å². The maximum absolute atomic E-state index is 4.72. The van der Waals surface area contributed by atoms with E-state index in [1.54, 1.807) is 0 Å². The lowest BCUT2D eigenvalue weighted by atomic mass is 10.0. The Bertz CT molecular complexity index is 677. The van der Waals surface area contributed by atoms with Crippen LogP contribution in [-0.2, 0) is 6.42 Å². The number of para-hydroxylation sites is 1. The van der Waals surface area contributed by atoms with Crippen molar-refractivity contribution in [3.8, 4) is 0 Å². The smallest absolute Gasteiger partial charge is 0.138 e. The van der Waals surface area contributed by atoms with E-state index in [0.29, 0.717) is 0 Å². The van der Waals surface area contributed by atoms with Gasteiger partial charge in [-0.25, -0.2) is 9.97 Å². The van der Waals surface area contributed by atoms with Gasteiger partial charge in [0.05, 0.1) is 0 Å². The van der Waals surface area contributed by atoms with Crippen molar-refractivity contribution in [2.24, 2.45) is 0 Å². The molecule has 2 aromatic rings. The zero-order valence-corrected chi connectivity index (χ0v) is 13.1. The normalized spacial score (nSPS) is 17.7.